The second-order valence-electron chi connectivity index (χ2n) is 5.50. The molecule has 0 bridgehead atoms. The van der Waals surface area contributed by atoms with Gasteiger partial charge in [0.05, 0.1) is 0 Å². The molecule has 1 amide bonds. The summed E-state index contributed by atoms with van der Waals surface area (Å²) in [6.45, 7) is 0. The van der Waals surface area contributed by atoms with Crippen molar-refractivity contribution < 1.29 is 24.9 Å². The summed E-state index contributed by atoms with van der Waals surface area (Å²) < 4.78 is 0. The van der Waals surface area contributed by atoms with Crippen LogP contribution < -0.4 is 5.32 Å². The molecule has 1 atom stereocenters. The van der Waals surface area contributed by atoms with Crippen molar-refractivity contribution >= 4 is 11.9 Å². The van der Waals surface area contributed by atoms with Crippen molar-refractivity contribution in [2.24, 2.45) is 0 Å². The lowest BCUT2D eigenvalue weighted by Gasteiger charge is -2.15. The monoisotopic (exact) mass is 329 g/mol. The first-order valence-electron chi connectivity index (χ1n) is 7.52. The molecule has 24 heavy (non-hydrogen) atoms. The summed E-state index contributed by atoms with van der Waals surface area (Å²) in [6.07, 6.45) is 0.752. The van der Waals surface area contributed by atoms with E-state index in [-0.39, 0.29) is 30.2 Å². The van der Waals surface area contributed by atoms with Crippen LogP contribution in [0.15, 0.2) is 48.5 Å². The highest BCUT2D eigenvalue weighted by Crippen LogP contribution is 2.13. The number of carbonyl (C=O) groups excluding carboxylic acids is 1. The Labute approximate surface area is 139 Å². The first-order chi connectivity index (χ1) is 11.4. The van der Waals surface area contributed by atoms with Crippen molar-refractivity contribution in [1.29, 1.82) is 0 Å². The lowest BCUT2D eigenvalue weighted by atomic mass is 10.0. The van der Waals surface area contributed by atoms with E-state index in [1.54, 1.807) is 24.3 Å². The molecule has 6 heteroatoms. The van der Waals surface area contributed by atoms with Gasteiger partial charge in [-0.05, 0) is 41.8 Å². The number of amides is 1. The fraction of sp³-hybridized carbons (Fsp3) is 0.222. The van der Waals surface area contributed by atoms with Crippen LogP contribution in [0.4, 0.5) is 0 Å². The third-order valence-electron chi connectivity index (χ3n) is 3.59. The van der Waals surface area contributed by atoms with E-state index in [2.05, 4.69) is 5.32 Å². The maximum atomic E-state index is 12.0. The molecular formula is C18H19NO5. The third-order valence-corrected chi connectivity index (χ3v) is 3.59. The van der Waals surface area contributed by atoms with Gasteiger partial charge in [0.25, 0.3) is 0 Å². The second kappa shape index (κ2) is 8.01. The van der Waals surface area contributed by atoms with Gasteiger partial charge in [0, 0.05) is 12.8 Å². The highest BCUT2D eigenvalue weighted by atomic mass is 16.4. The molecule has 2 rings (SSSR count). The number of aryl methyl sites for hydroxylation is 1. The second-order valence-corrected chi connectivity index (χ2v) is 5.50. The Balaban J connectivity index is 1.89. The van der Waals surface area contributed by atoms with E-state index >= 15 is 0 Å². The first-order valence-corrected chi connectivity index (χ1v) is 7.52. The maximum absolute atomic E-state index is 12.0. The molecule has 0 aliphatic carbocycles. The molecule has 2 aromatic rings. The fourth-order valence-electron chi connectivity index (χ4n) is 2.25. The van der Waals surface area contributed by atoms with Gasteiger partial charge in [-0.3, -0.25) is 4.79 Å². The quantitative estimate of drug-likeness (QED) is 0.620. The van der Waals surface area contributed by atoms with Crippen LogP contribution in [0, 0.1) is 0 Å². The number of rotatable bonds is 7. The minimum Gasteiger partial charge on any atom is -0.508 e. The van der Waals surface area contributed by atoms with Gasteiger partial charge in [-0.25, -0.2) is 4.79 Å². The molecule has 0 spiro atoms. The molecule has 2 aromatic carbocycles. The van der Waals surface area contributed by atoms with E-state index in [1.165, 1.54) is 24.3 Å². The number of phenolic OH excluding ortho intramolecular Hbond substituents is 2. The van der Waals surface area contributed by atoms with Crippen molar-refractivity contribution in [3.05, 3.63) is 59.7 Å². The SMILES string of the molecule is O=C(CCc1ccc(O)cc1)NC(Cc1ccc(O)cc1)C(=O)O. The zero-order chi connectivity index (χ0) is 17.5. The number of phenols is 2. The highest BCUT2D eigenvalue weighted by molar-refractivity contribution is 5.83. The molecule has 1 unspecified atom stereocenters. The average Bonchev–Trinajstić information content (AvgIpc) is 2.55. The van der Waals surface area contributed by atoms with Crippen molar-refractivity contribution in [2.45, 2.75) is 25.3 Å². The van der Waals surface area contributed by atoms with Gasteiger partial charge in [-0.15, -0.1) is 0 Å². The Morgan fingerprint density at radius 2 is 1.38 bits per heavy atom. The Hall–Kier alpha value is -3.02. The van der Waals surface area contributed by atoms with E-state index in [0.717, 1.165) is 5.56 Å². The summed E-state index contributed by atoms with van der Waals surface area (Å²) in [5, 5.41) is 30.2. The number of aromatic hydroxyl groups is 2. The molecule has 6 nitrogen and oxygen atoms in total. The molecule has 126 valence electrons. The molecule has 0 aliphatic heterocycles. The summed E-state index contributed by atoms with van der Waals surface area (Å²) in [4.78, 5) is 23.3. The maximum Gasteiger partial charge on any atom is 0.326 e. The molecule has 4 N–H and O–H groups in total. The van der Waals surface area contributed by atoms with Gasteiger partial charge in [0.2, 0.25) is 5.91 Å². The topological polar surface area (TPSA) is 107 Å². The van der Waals surface area contributed by atoms with Crippen LogP contribution in [0.1, 0.15) is 17.5 Å². The number of nitrogens with one attached hydrogen (secondary N) is 1. The first kappa shape index (κ1) is 17.3. The average molecular weight is 329 g/mol. The molecule has 0 saturated carbocycles. The Morgan fingerprint density at radius 1 is 0.875 bits per heavy atom. The number of aliphatic carboxylic acids is 1. The number of carbonyl (C=O) groups is 2. The highest BCUT2D eigenvalue weighted by Gasteiger charge is 2.20. The fourth-order valence-corrected chi connectivity index (χ4v) is 2.25. The predicted octanol–water partition coefficient (Wildman–Crippen LogP) is 1.84. The van der Waals surface area contributed by atoms with Gasteiger partial charge in [-0.1, -0.05) is 24.3 Å². The van der Waals surface area contributed by atoms with Gasteiger partial charge < -0.3 is 20.6 Å². The van der Waals surface area contributed by atoms with Gasteiger partial charge in [0.1, 0.15) is 17.5 Å². The van der Waals surface area contributed by atoms with Crippen LogP contribution in [-0.4, -0.2) is 33.2 Å². The molecule has 0 heterocycles. The van der Waals surface area contributed by atoms with Crippen molar-refractivity contribution in [2.75, 3.05) is 0 Å². The largest absolute Gasteiger partial charge is 0.508 e. The molecule has 0 saturated heterocycles. The van der Waals surface area contributed by atoms with Gasteiger partial charge in [0.15, 0.2) is 0 Å². The smallest absolute Gasteiger partial charge is 0.326 e. The van der Waals surface area contributed by atoms with Crippen molar-refractivity contribution in [3.63, 3.8) is 0 Å². The van der Waals surface area contributed by atoms with Crippen molar-refractivity contribution in [3.8, 4) is 11.5 Å². The molecule has 0 radical (unpaired) electrons. The standard InChI is InChI=1S/C18H19NO5/c20-14-6-1-12(2-7-14)5-10-17(22)19-16(18(23)24)11-13-3-8-15(21)9-4-13/h1-4,6-9,16,20-21H,5,10-11H2,(H,19,22)(H,23,24). The number of benzene rings is 2. The van der Waals surface area contributed by atoms with E-state index in [1.807, 2.05) is 0 Å². The Kier molecular flexibility index (Phi) is 5.78. The summed E-state index contributed by atoms with van der Waals surface area (Å²) in [7, 11) is 0. The van der Waals surface area contributed by atoms with Crippen LogP contribution >= 0.6 is 0 Å². The van der Waals surface area contributed by atoms with E-state index in [4.69, 9.17) is 0 Å². The van der Waals surface area contributed by atoms with Crippen LogP contribution in [0.25, 0.3) is 0 Å². The summed E-state index contributed by atoms with van der Waals surface area (Å²) >= 11 is 0. The molecule has 0 aliphatic rings. The predicted molar refractivity (Wildman–Crippen MR) is 87.8 cm³/mol. The van der Waals surface area contributed by atoms with Crippen LogP contribution in [0.3, 0.4) is 0 Å². The van der Waals surface area contributed by atoms with E-state index in [9.17, 15) is 24.9 Å². The van der Waals surface area contributed by atoms with Crippen molar-refractivity contribution in [1.82, 2.24) is 5.32 Å². The van der Waals surface area contributed by atoms with Gasteiger partial charge in [-0.2, -0.15) is 0 Å². The lowest BCUT2D eigenvalue weighted by Crippen LogP contribution is -2.42. The minimum absolute atomic E-state index is 0.101. The molecular weight excluding hydrogens is 310 g/mol. The number of carboxylic acids is 1. The third kappa shape index (κ3) is 5.31. The number of hydrogen-bond donors (Lipinski definition) is 4. The van der Waals surface area contributed by atoms with Gasteiger partial charge >= 0.3 is 5.97 Å². The lowest BCUT2D eigenvalue weighted by molar-refractivity contribution is -0.141. The molecule has 0 aromatic heterocycles. The van der Waals surface area contributed by atoms with E-state index in [0.29, 0.717) is 12.0 Å². The number of hydrogen-bond acceptors (Lipinski definition) is 4. The minimum atomic E-state index is -1.11. The number of carboxylic acid groups (broad SMARTS) is 1. The normalized spacial score (nSPS) is 11.7. The van der Waals surface area contributed by atoms with E-state index < -0.39 is 12.0 Å². The molecule has 0 fully saturated rings. The van der Waals surface area contributed by atoms with Crippen LogP contribution in [0.2, 0.25) is 0 Å². The summed E-state index contributed by atoms with van der Waals surface area (Å²) in [6, 6.07) is 11.7. The van der Waals surface area contributed by atoms with Crippen LogP contribution in [0.5, 0.6) is 11.5 Å². The Morgan fingerprint density at radius 3 is 1.88 bits per heavy atom. The summed E-state index contributed by atoms with van der Waals surface area (Å²) in [5.74, 6) is -1.21. The zero-order valence-electron chi connectivity index (χ0n) is 13.0. The zero-order valence-corrected chi connectivity index (χ0v) is 13.0. The Bertz CT molecular complexity index is 694. The van der Waals surface area contributed by atoms with Crippen LogP contribution in [-0.2, 0) is 22.4 Å². The summed E-state index contributed by atoms with van der Waals surface area (Å²) in [5.41, 5.74) is 1.59.